The lowest BCUT2D eigenvalue weighted by molar-refractivity contribution is -0.122. The maximum absolute atomic E-state index is 14.1. The number of amides is 2. The van der Waals surface area contributed by atoms with E-state index in [0.29, 0.717) is 36.6 Å². The molecule has 0 spiro atoms. The molecule has 1 aromatic heterocycles. The van der Waals surface area contributed by atoms with Crippen LogP contribution in [-0.4, -0.2) is 34.6 Å². The summed E-state index contributed by atoms with van der Waals surface area (Å²) >= 11 is 6.48. The molecule has 48 heavy (non-hydrogen) atoms. The number of hydrogen-bond donors (Lipinski definition) is 2. The van der Waals surface area contributed by atoms with Gasteiger partial charge in [0.1, 0.15) is 5.75 Å². The highest BCUT2D eigenvalue weighted by Crippen LogP contribution is 2.51. The second-order valence-corrected chi connectivity index (χ2v) is 13.2. The van der Waals surface area contributed by atoms with Gasteiger partial charge in [0.05, 0.1) is 41.0 Å². The van der Waals surface area contributed by atoms with E-state index in [-0.39, 0.29) is 35.5 Å². The third-order valence-corrected chi connectivity index (χ3v) is 10.1. The summed E-state index contributed by atoms with van der Waals surface area (Å²) < 4.78 is 6.50. The summed E-state index contributed by atoms with van der Waals surface area (Å²) in [5.74, 6) is -1.06. The van der Waals surface area contributed by atoms with Crippen LogP contribution >= 0.6 is 11.6 Å². The van der Waals surface area contributed by atoms with E-state index in [1.807, 2.05) is 78.9 Å². The van der Waals surface area contributed by atoms with Gasteiger partial charge in [-0.1, -0.05) is 54.8 Å². The number of phenols is 1. The summed E-state index contributed by atoms with van der Waals surface area (Å²) in [7, 11) is 0. The molecule has 2 fully saturated rings. The molecule has 3 aliphatic rings. The van der Waals surface area contributed by atoms with Gasteiger partial charge >= 0.3 is 0 Å². The lowest BCUT2D eigenvalue weighted by Gasteiger charge is -2.32. The van der Waals surface area contributed by atoms with Gasteiger partial charge < -0.3 is 15.2 Å². The number of aromatic nitrogens is 1. The third-order valence-electron chi connectivity index (χ3n) is 9.73. The number of allylic oxidation sites excluding steroid dienone is 2. The van der Waals surface area contributed by atoms with E-state index in [4.69, 9.17) is 16.3 Å². The zero-order valence-corrected chi connectivity index (χ0v) is 27.6. The molecule has 3 heterocycles. The van der Waals surface area contributed by atoms with Crippen molar-refractivity contribution >= 4 is 52.1 Å². The summed E-state index contributed by atoms with van der Waals surface area (Å²) in [6.07, 6.45) is 7.44. The van der Waals surface area contributed by atoms with E-state index < -0.39 is 5.92 Å². The van der Waals surface area contributed by atoms with Crippen LogP contribution in [0.4, 0.5) is 17.1 Å². The molecule has 0 saturated carbocycles. The van der Waals surface area contributed by atoms with Crippen LogP contribution < -0.4 is 10.2 Å². The van der Waals surface area contributed by atoms with Crippen LogP contribution in [0.5, 0.6) is 5.75 Å². The van der Waals surface area contributed by atoms with E-state index in [9.17, 15) is 14.7 Å². The highest BCUT2D eigenvalue weighted by atomic mass is 35.5. The minimum absolute atomic E-state index is 0.114. The van der Waals surface area contributed by atoms with Crippen LogP contribution in [0.1, 0.15) is 50.3 Å². The Morgan fingerprint density at radius 2 is 1.75 bits per heavy atom. The zero-order chi connectivity index (χ0) is 33.2. The van der Waals surface area contributed by atoms with Crippen molar-refractivity contribution < 1.29 is 19.4 Å². The molecule has 7 nitrogen and oxygen atoms in total. The number of hydrogen-bond acceptors (Lipinski definition) is 6. The van der Waals surface area contributed by atoms with Crippen molar-refractivity contribution in [1.29, 1.82) is 0 Å². The van der Waals surface area contributed by atoms with Crippen LogP contribution in [0, 0.1) is 17.8 Å². The van der Waals surface area contributed by atoms with Gasteiger partial charge in [0.15, 0.2) is 0 Å². The van der Waals surface area contributed by atoms with Gasteiger partial charge in [-0.25, -0.2) is 0 Å². The number of para-hydroxylation sites is 1. The Hall–Kier alpha value is -4.72. The molecule has 8 heteroatoms. The quantitative estimate of drug-likeness (QED) is 0.131. The Morgan fingerprint density at radius 3 is 2.48 bits per heavy atom. The minimum Gasteiger partial charge on any atom is -0.508 e. The maximum Gasteiger partial charge on any atom is 0.238 e. The first-order valence-electron chi connectivity index (χ1n) is 16.6. The normalized spacial score (nSPS) is 22.2. The average molecular weight is 660 g/mol. The molecule has 4 atom stereocenters. The van der Waals surface area contributed by atoms with Crippen molar-refractivity contribution in [3.63, 3.8) is 0 Å². The summed E-state index contributed by atoms with van der Waals surface area (Å²) in [4.78, 5) is 34.1. The van der Waals surface area contributed by atoms with Crippen molar-refractivity contribution in [2.24, 2.45) is 17.8 Å². The van der Waals surface area contributed by atoms with Gasteiger partial charge in [0, 0.05) is 23.5 Å². The molecule has 7 rings (SSSR count). The van der Waals surface area contributed by atoms with Crippen molar-refractivity contribution in [3.05, 3.63) is 125 Å². The first kappa shape index (κ1) is 31.9. The summed E-state index contributed by atoms with van der Waals surface area (Å²) in [6.45, 7) is 2.58. The molecule has 4 aromatic rings. The second kappa shape index (κ2) is 13.8. The predicted octanol–water partition coefficient (Wildman–Crippen LogP) is 8.83. The number of fused-ring (bicyclic) bond motifs is 3. The zero-order valence-electron chi connectivity index (χ0n) is 26.8. The van der Waals surface area contributed by atoms with E-state index in [1.54, 1.807) is 18.3 Å². The molecule has 0 radical (unpaired) electrons. The molecule has 2 aliphatic heterocycles. The molecule has 3 aromatic carbocycles. The Balaban J connectivity index is 1.12. The van der Waals surface area contributed by atoms with E-state index in [0.717, 1.165) is 41.0 Å². The number of pyridine rings is 1. The van der Waals surface area contributed by atoms with E-state index in [2.05, 4.69) is 17.2 Å². The fourth-order valence-corrected chi connectivity index (χ4v) is 7.81. The van der Waals surface area contributed by atoms with Crippen molar-refractivity contribution in [3.8, 4) is 5.75 Å². The Morgan fingerprint density at radius 1 is 0.979 bits per heavy atom. The van der Waals surface area contributed by atoms with Crippen LogP contribution in [0.15, 0.2) is 108 Å². The standard InChI is InChI=1S/C40H38ClN3O4/c1-2-8-27-22-32-38(40(47)44(39(32)46)30-16-14-29(15-17-30)43-28-9-4-3-5-10-28)33-24-48-36(37(27)33)19-13-26(35-11-6-7-20-42-35)21-25-12-18-31(45)23-34(25)41/h3-7,9-12,14-18,20-21,23,32-33,36,38,43,45H,2,8,13,19,22,24H2,1H3/b26-21-/t32-,33+,36-,38-/m1/s1. The lowest BCUT2D eigenvalue weighted by atomic mass is 9.68. The molecule has 1 aliphatic carbocycles. The van der Waals surface area contributed by atoms with E-state index in [1.165, 1.54) is 22.1 Å². The van der Waals surface area contributed by atoms with Crippen LogP contribution in [0.3, 0.4) is 0 Å². The molecule has 2 saturated heterocycles. The SMILES string of the molecule is CCCC1=C2[C@@H](CC/C(=C/c3ccc(O)cc3Cl)c3ccccn3)OC[C@@H]2[C@@H]2C(=O)N(c3ccc(Nc4ccccc4)cc3)C(=O)[C@@H]2C1. The molecule has 0 unspecified atom stereocenters. The van der Waals surface area contributed by atoms with Gasteiger partial charge in [-0.05, 0) is 115 Å². The third kappa shape index (κ3) is 6.28. The number of benzene rings is 3. The van der Waals surface area contributed by atoms with Gasteiger partial charge in [-0.3, -0.25) is 19.5 Å². The number of rotatable bonds is 10. The van der Waals surface area contributed by atoms with Gasteiger partial charge in [-0.15, -0.1) is 0 Å². The molecular formula is C40H38ClN3O4. The number of nitrogens with zero attached hydrogens (tertiary/aromatic N) is 2. The largest absolute Gasteiger partial charge is 0.508 e. The number of halogens is 1. The first-order valence-corrected chi connectivity index (χ1v) is 17.0. The highest BCUT2D eigenvalue weighted by molar-refractivity contribution is 6.32. The topological polar surface area (TPSA) is 91.8 Å². The minimum atomic E-state index is -0.429. The van der Waals surface area contributed by atoms with Crippen LogP contribution in [0.2, 0.25) is 5.02 Å². The Kier molecular flexibility index (Phi) is 9.15. The van der Waals surface area contributed by atoms with Crippen molar-refractivity contribution in [1.82, 2.24) is 4.98 Å². The summed E-state index contributed by atoms with van der Waals surface area (Å²) in [5.41, 5.74) is 7.58. The lowest BCUT2D eigenvalue weighted by Crippen LogP contribution is -2.34. The number of phenolic OH excluding ortho intramolecular Hbond substituents is 1. The molecule has 2 amide bonds. The second-order valence-electron chi connectivity index (χ2n) is 12.8. The average Bonchev–Trinajstić information content (AvgIpc) is 3.63. The van der Waals surface area contributed by atoms with Gasteiger partial charge in [0.25, 0.3) is 0 Å². The molecule has 2 N–H and O–H groups in total. The number of ether oxygens (including phenoxy) is 1. The predicted molar refractivity (Wildman–Crippen MR) is 190 cm³/mol. The number of imide groups is 1. The van der Waals surface area contributed by atoms with Crippen LogP contribution in [0.25, 0.3) is 11.6 Å². The monoisotopic (exact) mass is 659 g/mol. The van der Waals surface area contributed by atoms with Gasteiger partial charge in [-0.2, -0.15) is 0 Å². The number of aromatic hydroxyl groups is 1. The van der Waals surface area contributed by atoms with Crippen molar-refractivity contribution in [2.45, 2.75) is 45.1 Å². The summed E-state index contributed by atoms with van der Waals surface area (Å²) in [6, 6.07) is 28.2. The molecule has 244 valence electrons. The fraction of sp³-hybridized carbons (Fsp3) is 0.275. The Bertz CT molecular complexity index is 1870. The van der Waals surface area contributed by atoms with Crippen molar-refractivity contribution in [2.75, 3.05) is 16.8 Å². The number of nitrogens with one attached hydrogen (secondary N) is 1. The highest BCUT2D eigenvalue weighted by Gasteiger charge is 2.57. The number of anilines is 3. The Labute approximate surface area is 285 Å². The molecule has 0 bridgehead atoms. The number of carbonyl (C=O) groups is 2. The summed E-state index contributed by atoms with van der Waals surface area (Å²) in [5, 5.41) is 13.7. The smallest absolute Gasteiger partial charge is 0.238 e. The fourth-order valence-electron chi connectivity index (χ4n) is 7.58. The number of carbonyl (C=O) groups excluding carboxylic acids is 2. The molecular weight excluding hydrogens is 622 g/mol. The van der Waals surface area contributed by atoms with E-state index >= 15 is 0 Å². The van der Waals surface area contributed by atoms with Crippen LogP contribution in [-0.2, 0) is 14.3 Å². The first-order chi connectivity index (χ1) is 23.4. The maximum atomic E-state index is 14.1. The van der Waals surface area contributed by atoms with Gasteiger partial charge in [0.2, 0.25) is 11.8 Å².